The van der Waals surface area contributed by atoms with Crippen LogP contribution in [-0.4, -0.2) is 32.6 Å². The molecular weight excluding hydrogens is 220 g/mol. The first kappa shape index (κ1) is 12.8. The topological polar surface area (TPSA) is 44.8 Å². The summed E-state index contributed by atoms with van der Waals surface area (Å²) in [6, 6.07) is 0. The summed E-state index contributed by atoms with van der Waals surface area (Å²) in [7, 11) is 1.47. The van der Waals surface area contributed by atoms with Gasteiger partial charge in [-0.3, -0.25) is 4.79 Å². The third kappa shape index (κ3) is 2.47. The van der Waals surface area contributed by atoms with Gasteiger partial charge in [0.15, 0.2) is 6.29 Å². The van der Waals surface area contributed by atoms with E-state index < -0.39 is 0 Å². The molecule has 0 N–H and O–H groups in total. The number of esters is 1. The van der Waals surface area contributed by atoms with E-state index in [0.717, 1.165) is 12.8 Å². The maximum absolute atomic E-state index is 11.9. The normalized spacial score (nSPS) is 36.1. The summed E-state index contributed by atoms with van der Waals surface area (Å²) in [6.45, 7) is 5.58. The summed E-state index contributed by atoms with van der Waals surface area (Å²) in [6.07, 6.45) is 2.00. The van der Waals surface area contributed by atoms with Crippen molar-refractivity contribution in [3.63, 3.8) is 0 Å². The van der Waals surface area contributed by atoms with E-state index >= 15 is 0 Å². The van der Waals surface area contributed by atoms with E-state index in [4.69, 9.17) is 14.2 Å². The third-order valence-electron chi connectivity index (χ3n) is 4.26. The van der Waals surface area contributed by atoms with E-state index in [1.165, 1.54) is 7.11 Å². The van der Waals surface area contributed by atoms with Crippen LogP contribution in [-0.2, 0) is 19.0 Å². The minimum atomic E-state index is -0.141. The molecule has 0 aromatic heterocycles. The van der Waals surface area contributed by atoms with Crippen LogP contribution >= 0.6 is 0 Å². The Morgan fingerprint density at radius 2 is 1.94 bits per heavy atom. The average Bonchev–Trinajstić information content (AvgIpc) is 2.96. The zero-order valence-electron chi connectivity index (χ0n) is 10.8. The van der Waals surface area contributed by atoms with Crippen molar-refractivity contribution in [1.29, 1.82) is 0 Å². The number of rotatable bonds is 3. The first-order valence-electron chi connectivity index (χ1n) is 6.46. The van der Waals surface area contributed by atoms with Crippen molar-refractivity contribution >= 4 is 5.97 Å². The summed E-state index contributed by atoms with van der Waals surface area (Å²) in [4.78, 5) is 11.9. The summed E-state index contributed by atoms with van der Waals surface area (Å²) in [5, 5.41) is 0. The van der Waals surface area contributed by atoms with Crippen LogP contribution in [0.4, 0.5) is 0 Å². The monoisotopic (exact) mass is 242 g/mol. The predicted octanol–water partition coefficient (Wildman–Crippen LogP) is 1.83. The van der Waals surface area contributed by atoms with Gasteiger partial charge >= 0.3 is 5.97 Å². The molecule has 17 heavy (non-hydrogen) atoms. The van der Waals surface area contributed by atoms with Gasteiger partial charge in [0.05, 0.1) is 26.2 Å². The van der Waals surface area contributed by atoms with Crippen molar-refractivity contribution in [1.82, 2.24) is 0 Å². The highest BCUT2D eigenvalue weighted by atomic mass is 16.7. The summed E-state index contributed by atoms with van der Waals surface area (Å²) >= 11 is 0. The van der Waals surface area contributed by atoms with E-state index in [0.29, 0.717) is 25.0 Å². The second-order valence-corrected chi connectivity index (χ2v) is 5.24. The Morgan fingerprint density at radius 3 is 2.53 bits per heavy atom. The van der Waals surface area contributed by atoms with Gasteiger partial charge in [0.1, 0.15) is 0 Å². The first-order chi connectivity index (χ1) is 8.15. The Morgan fingerprint density at radius 1 is 1.29 bits per heavy atom. The van der Waals surface area contributed by atoms with E-state index in [1.807, 2.05) is 0 Å². The molecule has 4 atom stereocenters. The number of hydrogen-bond acceptors (Lipinski definition) is 4. The van der Waals surface area contributed by atoms with Gasteiger partial charge in [-0.05, 0) is 24.7 Å². The third-order valence-corrected chi connectivity index (χ3v) is 4.26. The maximum Gasteiger partial charge on any atom is 0.309 e. The molecule has 2 fully saturated rings. The lowest BCUT2D eigenvalue weighted by Crippen LogP contribution is -2.34. The molecule has 0 aromatic carbocycles. The number of hydrogen-bond donors (Lipinski definition) is 0. The van der Waals surface area contributed by atoms with Crippen LogP contribution in [0.25, 0.3) is 0 Å². The van der Waals surface area contributed by atoms with Gasteiger partial charge in [-0.2, -0.15) is 0 Å². The molecule has 1 saturated heterocycles. The molecule has 0 unspecified atom stereocenters. The Balaban J connectivity index is 2.05. The molecule has 0 radical (unpaired) electrons. The second kappa shape index (κ2) is 5.36. The smallest absolute Gasteiger partial charge is 0.309 e. The average molecular weight is 242 g/mol. The van der Waals surface area contributed by atoms with Gasteiger partial charge in [-0.1, -0.05) is 13.8 Å². The molecule has 4 nitrogen and oxygen atoms in total. The standard InChI is InChI=1S/C13H22O4/c1-8-4-5-10(11(8)12(14)15-3)9(2)13-16-6-7-17-13/h8-11,13H,4-7H2,1-3H3/t8-,9+,10+,11+/m0/s1. The molecule has 0 bridgehead atoms. The summed E-state index contributed by atoms with van der Waals surface area (Å²) < 4.78 is 16.0. The van der Waals surface area contributed by atoms with E-state index in [9.17, 15) is 4.79 Å². The zero-order valence-corrected chi connectivity index (χ0v) is 10.8. The molecule has 0 spiro atoms. The number of methoxy groups -OCH3 is 1. The van der Waals surface area contributed by atoms with E-state index in [2.05, 4.69) is 13.8 Å². The van der Waals surface area contributed by atoms with E-state index in [-0.39, 0.29) is 24.1 Å². The van der Waals surface area contributed by atoms with Gasteiger partial charge in [0.2, 0.25) is 0 Å². The Kier molecular flexibility index (Phi) is 4.05. The predicted molar refractivity (Wildman–Crippen MR) is 62.3 cm³/mol. The minimum Gasteiger partial charge on any atom is -0.469 e. The lowest BCUT2D eigenvalue weighted by atomic mass is 9.82. The first-order valence-corrected chi connectivity index (χ1v) is 6.46. The van der Waals surface area contributed by atoms with Crippen molar-refractivity contribution < 1.29 is 19.0 Å². The highest BCUT2D eigenvalue weighted by Gasteiger charge is 2.44. The van der Waals surface area contributed by atoms with Crippen LogP contribution in [0, 0.1) is 23.7 Å². The van der Waals surface area contributed by atoms with Gasteiger partial charge in [-0.25, -0.2) is 0 Å². The van der Waals surface area contributed by atoms with Crippen molar-refractivity contribution in [2.45, 2.75) is 33.0 Å². The van der Waals surface area contributed by atoms with Crippen molar-refractivity contribution in [3.8, 4) is 0 Å². The van der Waals surface area contributed by atoms with Gasteiger partial charge in [0.25, 0.3) is 0 Å². The summed E-state index contributed by atoms with van der Waals surface area (Å²) in [5.41, 5.74) is 0. The molecule has 4 heteroatoms. The van der Waals surface area contributed by atoms with Crippen LogP contribution in [0.3, 0.4) is 0 Å². The van der Waals surface area contributed by atoms with Crippen LogP contribution in [0.15, 0.2) is 0 Å². The number of ether oxygens (including phenoxy) is 3. The highest BCUT2D eigenvalue weighted by Crippen LogP contribution is 2.43. The molecule has 1 aliphatic heterocycles. The molecule has 2 rings (SSSR count). The van der Waals surface area contributed by atoms with E-state index in [1.54, 1.807) is 0 Å². The van der Waals surface area contributed by atoms with Crippen LogP contribution in [0.1, 0.15) is 26.7 Å². The van der Waals surface area contributed by atoms with Crippen LogP contribution < -0.4 is 0 Å². The SMILES string of the molecule is COC(=O)[C@H]1[C@@H]([C@@H](C)C2OCCO2)CC[C@@H]1C. The fraction of sp³-hybridized carbons (Fsp3) is 0.923. The Labute approximate surface area is 103 Å². The van der Waals surface area contributed by atoms with Crippen molar-refractivity contribution in [2.75, 3.05) is 20.3 Å². The number of carbonyl (C=O) groups excluding carboxylic acids is 1. The molecule has 98 valence electrons. The Hall–Kier alpha value is -0.610. The molecule has 0 amide bonds. The highest BCUT2D eigenvalue weighted by molar-refractivity contribution is 5.73. The van der Waals surface area contributed by atoms with Gasteiger partial charge in [0, 0.05) is 5.92 Å². The lowest BCUT2D eigenvalue weighted by Gasteiger charge is -2.28. The zero-order chi connectivity index (χ0) is 12.4. The fourth-order valence-electron chi connectivity index (χ4n) is 3.25. The van der Waals surface area contributed by atoms with Crippen molar-refractivity contribution in [2.24, 2.45) is 23.7 Å². The van der Waals surface area contributed by atoms with Crippen LogP contribution in [0.5, 0.6) is 0 Å². The molecule has 1 heterocycles. The molecular formula is C13H22O4. The largest absolute Gasteiger partial charge is 0.469 e. The fourth-order valence-corrected chi connectivity index (χ4v) is 3.25. The maximum atomic E-state index is 11.9. The lowest BCUT2D eigenvalue weighted by molar-refractivity contribution is -0.152. The Bertz CT molecular complexity index is 273. The second-order valence-electron chi connectivity index (χ2n) is 5.24. The minimum absolute atomic E-state index is 0.00259. The molecule has 2 aliphatic rings. The van der Waals surface area contributed by atoms with Gasteiger partial charge < -0.3 is 14.2 Å². The summed E-state index contributed by atoms with van der Waals surface area (Å²) in [5.74, 6) is 0.899. The molecule has 1 aliphatic carbocycles. The molecule has 0 aromatic rings. The van der Waals surface area contributed by atoms with Crippen LogP contribution in [0.2, 0.25) is 0 Å². The molecule has 1 saturated carbocycles. The van der Waals surface area contributed by atoms with Crippen molar-refractivity contribution in [3.05, 3.63) is 0 Å². The van der Waals surface area contributed by atoms with Gasteiger partial charge in [-0.15, -0.1) is 0 Å². The quantitative estimate of drug-likeness (QED) is 0.708. The number of carbonyl (C=O) groups is 1.